The Hall–Kier alpha value is -3.32. The number of nitrogens with zero attached hydrogens (tertiary/aromatic N) is 1. The third-order valence-corrected chi connectivity index (χ3v) is 9.29. The fraction of sp³-hybridized carbons (Fsp3) is 0.300. The van der Waals surface area contributed by atoms with E-state index < -0.39 is 59.7 Å². The number of nitrogens with two attached hydrogens (primary N) is 1. The van der Waals surface area contributed by atoms with Crippen molar-refractivity contribution < 1.29 is 33.4 Å². The summed E-state index contributed by atoms with van der Waals surface area (Å²) < 4.78 is 26.0. The lowest BCUT2D eigenvalue weighted by molar-refractivity contribution is -0.121. The van der Waals surface area contributed by atoms with Crippen LogP contribution in [0.5, 0.6) is 0 Å². The molecule has 0 bridgehead atoms. The molecule has 0 spiro atoms. The standard InChI is InChI=1S/C30H29Cl2N3O7S/c31-17-9-11-19(22(32)13-17)27-26(28(33)37)21-12-15(25-16(14-36)4-3-5-20(25)30(39)40)8-10-18(21)29(38)35(27)24-7-2-1-6-23(24)34-43(41)42/h3-5,8-13,23-24,26-27,34,36H,1-2,6-7,14H2,(H2,33,37)(H,39,40)(H,41,42)/p-1/t23-,24-,26+,27-/m0/s1. The molecule has 1 aliphatic heterocycles. The summed E-state index contributed by atoms with van der Waals surface area (Å²) in [6, 6.07) is 11.5. The van der Waals surface area contributed by atoms with Crippen LogP contribution in [-0.4, -0.2) is 53.7 Å². The maximum Gasteiger partial charge on any atom is 0.336 e. The molecule has 1 heterocycles. The van der Waals surface area contributed by atoms with E-state index in [1.807, 2.05) is 0 Å². The minimum Gasteiger partial charge on any atom is -0.760 e. The molecule has 5 atom stereocenters. The molecule has 0 aromatic heterocycles. The number of hydrogen-bond donors (Lipinski definition) is 4. The molecule has 1 saturated carbocycles. The number of aliphatic hydroxyl groups excluding tert-OH is 1. The number of aromatic carboxylic acids is 1. The third-order valence-electron chi connectivity index (χ3n) is 8.23. The summed E-state index contributed by atoms with van der Waals surface area (Å²) >= 11 is 10.3. The number of fused-ring (bicyclic) bond motifs is 1. The molecule has 226 valence electrons. The zero-order valence-corrected chi connectivity index (χ0v) is 25.0. The second-order valence-corrected chi connectivity index (χ2v) is 12.2. The van der Waals surface area contributed by atoms with Gasteiger partial charge in [0.2, 0.25) is 5.91 Å². The van der Waals surface area contributed by atoms with Crippen molar-refractivity contribution in [2.45, 2.75) is 56.3 Å². The fourth-order valence-electron chi connectivity index (χ4n) is 6.46. The Morgan fingerprint density at radius 3 is 2.47 bits per heavy atom. The van der Waals surface area contributed by atoms with Gasteiger partial charge in [-0.15, -0.1) is 0 Å². The minimum absolute atomic E-state index is 0.0649. The fourth-order valence-corrected chi connectivity index (χ4v) is 7.50. The lowest BCUT2D eigenvalue weighted by atomic mass is 9.75. The second kappa shape index (κ2) is 12.7. The van der Waals surface area contributed by atoms with Gasteiger partial charge in [0.1, 0.15) is 0 Å². The monoisotopic (exact) mass is 644 g/mol. The molecule has 10 nitrogen and oxygen atoms in total. The number of rotatable bonds is 8. The van der Waals surface area contributed by atoms with E-state index in [1.165, 1.54) is 29.2 Å². The molecular formula is C30H28Cl2N3O7S-. The second-order valence-electron chi connectivity index (χ2n) is 10.6. The van der Waals surface area contributed by atoms with Crippen molar-refractivity contribution in [2.24, 2.45) is 5.73 Å². The number of hydrogen-bond acceptors (Lipinski definition) is 6. The molecule has 0 saturated heterocycles. The lowest BCUT2D eigenvalue weighted by Crippen LogP contribution is -2.58. The number of halogens is 2. The molecule has 43 heavy (non-hydrogen) atoms. The van der Waals surface area contributed by atoms with Crippen LogP contribution in [-0.2, 0) is 22.7 Å². The minimum atomic E-state index is -2.60. The summed E-state index contributed by atoms with van der Waals surface area (Å²) in [6.45, 7) is -0.445. The quantitative estimate of drug-likeness (QED) is 0.264. The third kappa shape index (κ3) is 5.93. The number of primary amides is 1. The number of carboxylic acids is 1. The Bertz CT molecular complexity index is 1640. The summed E-state index contributed by atoms with van der Waals surface area (Å²) in [5.74, 6) is -3.59. The van der Waals surface area contributed by atoms with Crippen LogP contribution in [0, 0.1) is 0 Å². The Morgan fingerprint density at radius 1 is 1.07 bits per heavy atom. The number of carboxylic acid groups (broad SMARTS) is 1. The maximum absolute atomic E-state index is 14.4. The lowest BCUT2D eigenvalue weighted by Gasteiger charge is -2.49. The maximum atomic E-state index is 14.4. The highest BCUT2D eigenvalue weighted by Crippen LogP contribution is 2.48. The Balaban J connectivity index is 1.76. The van der Waals surface area contributed by atoms with Crippen molar-refractivity contribution in [2.75, 3.05) is 0 Å². The average molecular weight is 646 g/mol. The van der Waals surface area contributed by atoms with Gasteiger partial charge in [-0.05, 0) is 65.4 Å². The van der Waals surface area contributed by atoms with Crippen molar-refractivity contribution in [1.29, 1.82) is 0 Å². The number of carbonyl (C=O) groups is 3. The summed E-state index contributed by atoms with van der Waals surface area (Å²) in [5, 5.41) is 20.4. The Labute approximate surface area is 260 Å². The van der Waals surface area contributed by atoms with Crippen LogP contribution < -0.4 is 10.5 Å². The molecule has 5 N–H and O–H groups in total. The van der Waals surface area contributed by atoms with E-state index in [0.717, 1.165) is 12.8 Å². The van der Waals surface area contributed by atoms with Crippen molar-refractivity contribution >= 4 is 52.3 Å². The SMILES string of the molecule is NC(=O)[C@@H]1c2cc(-c3c(CO)cccc3C(=O)O)ccc2C(=O)N([C@H]2CCCC[C@@H]2NS(=O)[O-])[C@H]1c1ccc(Cl)cc1Cl. The number of aliphatic hydroxyl groups is 1. The molecule has 3 aromatic rings. The van der Waals surface area contributed by atoms with Gasteiger partial charge in [0.25, 0.3) is 5.91 Å². The first-order valence-corrected chi connectivity index (χ1v) is 15.4. The van der Waals surface area contributed by atoms with Crippen molar-refractivity contribution in [3.63, 3.8) is 0 Å². The van der Waals surface area contributed by atoms with E-state index in [9.17, 15) is 33.4 Å². The van der Waals surface area contributed by atoms with E-state index >= 15 is 0 Å². The molecule has 1 fully saturated rings. The summed E-state index contributed by atoms with van der Waals surface area (Å²) in [6.07, 6.45) is 2.41. The zero-order chi connectivity index (χ0) is 31.0. The first kappa shape index (κ1) is 31.1. The molecule has 1 aliphatic carbocycles. The number of nitrogens with one attached hydrogen (secondary N) is 1. The number of amides is 2. The van der Waals surface area contributed by atoms with Crippen LogP contribution in [0.2, 0.25) is 10.0 Å². The highest BCUT2D eigenvalue weighted by molar-refractivity contribution is 7.77. The molecule has 13 heteroatoms. The Kier molecular flexibility index (Phi) is 9.21. The molecule has 0 radical (unpaired) electrons. The summed E-state index contributed by atoms with van der Waals surface area (Å²) in [7, 11) is 0. The van der Waals surface area contributed by atoms with Gasteiger partial charge < -0.3 is 25.4 Å². The molecule has 1 unspecified atom stereocenters. The Morgan fingerprint density at radius 2 is 1.81 bits per heavy atom. The van der Waals surface area contributed by atoms with Gasteiger partial charge >= 0.3 is 5.97 Å². The average Bonchev–Trinajstić information content (AvgIpc) is 2.96. The zero-order valence-electron chi connectivity index (χ0n) is 22.7. The largest absolute Gasteiger partial charge is 0.760 e. The van der Waals surface area contributed by atoms with Crippen LogP contribution >= 0.6 is 23.2 Å². The van der Waals surface area contributed by atoms with Crippen LogP contribution in [0.15, 0.2) is 54.6 Å². The van der Waals surface area contributed by atoms with Gasteiger partial charge in [0, 0.05) is 44.5 Å². The van der Waals surface area contributed by atoms with Crippen LogP contribution in [0.4, 0.5) is 0 Å². The van der Waals surface area contributed by atoms with Crippen LogP contribution in [0.3, 0.4) is 0 Å². The first-order valence-electron chi connectivity index (χ1n) is 13.6. The van der Waals surface area contributed by atoms with Crippen molar-refractivity contribution in [3.05, 3.63) is 92.5 Å². The highest BCUT2D eigenvalue weighted by Gasteiger charge is 2.48. The van der Waals surface area contributed by atoms with Gasteiger partial charge in [-0.2, -0.15) is 0 Å². The number of benzene rings is 3. The van der Waals surface area contributed by atoms with E-state index in [2.05, 4.69) is 4.72 Å². The molecular weight excluding hydrogens is 617 g/mol. The smallest absolute Gasteiger partial charge is 0.336 e. The molecule has 2 aliphatic rings. The predicted octanol–water partition coefficient (Wildman–Crippen LogP) is 4.31. The molecule has 3 aromatic carbocycles. The first-order chi connectivity index (χ1) is 20.5. The van der Waals surface area contributed by atoms with Crippen molar-refractivity contribution in [1.82, 2.24) is 9.62 Å². The van der Waals surface area contributed by atoms with Gasteiger partial charge in [-0.25, -0.2) is 9.52 Å². The van der Waals surface area contributed by atoms with E-state index in [1.54, 1.807) is 30.3 Å². The van der Waals surface area contributed by atoms with Crippen LogP contribution in [0.25, 0.3) is 11.1 Å². The molecule has 2 amide bonds. The van der Waals surface area contributed by atoms with Gasteiger partial charge in [0.15, 0.2) is 0 Å². The van der Waals surface area contributed by atoms with Crippen LogP contribution in [0.1, 0.15) is 75.0 Å². The molecule has 5 rings (SSSR count). The summed E-state index contributed by atoms with van der Waals surface area (Å²) in [4.78, 5) is 41.4. The van der Waals surface area contributed by atoms with E-state index in [4.69, 9.17) is 28.9 Å². The predicted molar refractivity (Wildman–Crippen MR) is 160 cm³/mol. The normalized spacial score (nSPS) is 22.6. The van der Waals surface area contributed by atoms with Gasteiger partial charge in [0.05, 0.1) is 24.1 Å². The van der Waals surface area contributed by atoms with E-state index in [0.29, 0.717) is 34.6 Å². The van der Waals surface area contributed by atoms with Gasteiger partial charge in [-0.1, -0.05) is 60.3 Å². The van der Waals surface area contributed by atoms with Crippen molar-refractivity contribution in [3.8, 4) is 11.1 Å². The summed E-state index contributed by atoms with van der Waals surface area (Å²) in [5.41, 5.74) is 7.79. The highest BCUT2D eigenvalue weighted by atomic mass is 35.5. The van der Waals surface area contributed by atoms with E-state index in [-0.39, 0.29) is 27.3 Å². The topological polar surface area (TPSA) is 173 Å². The number of carbonyl (C=O) groups excluding carboxylic acids is 2. The van der Waals surface area contributed by atoms with Gasteiger partial charge in [-0.3, -0.25) is 13.8 Å².